The molecule has 0 saturated heterocycles. The summed E-state index contributed by atoms with van der Waals surface area (Å²) in [7, 11) is 0. The summed E-state index contributed by atoms with van der Waals surface area (Å²) < 4.78 is 1.53. The Kier molecular flexibility index (Phi) is 1.98. The van der Waals surface area contributed by atoms with Crippen molar-refractivity contribution in [3.05, 3.63) is 53.1 Å². The summed E-state index contributed by atoms with van der Waals surface area (Å²) in [4.78, 5) is 18.7. The van der Waals surface area contributed by atoms with Gasteiger partial charge in [-0.1, -0.05) is 12.1 Å². The maximum absolute atomic E-state index is 11.9. The first-order valence-corrected chi connectivity index (χ1v) is 5.18. The highest BCUT2D eigenvalue weighted by Gasteiger charge is 2.10. The zero-order chi connectivity index (χ0) is 11.8. The van der Waals surface area contributed by atoms with Crippen molar-refractivity contribution in [2.24, 2.45) is 0 Å². The molecule has 17 heavy (non-hydrogen) atoms. The second kappa shape index (κ2) is 3.48. The van der Waals surface area contributed by atoms with Gasteiger partial charge in [0.1, 0.15) is 0 Å². The second-order valence-electron chi connectivity index (χ2n) is 3.70. The van der Waals surface area contributed by atoms with Crippen molar-refractivity contribution in [1.29, 1.82) is 0 Å². The standard InChI is InChI=1S/C12H10N4O/c13-8-4-1-2-5-9(8)16-10-6-3-7-14-11(10)15-12(16)17/h1-7H,13H2,(H,14,15,17). The zero-order valence-corrected chi connectivity index (χ0v) is 8.92. The number of nitrogens with two attached hydrogens (primary N) is 1. The van der Waals surface area contributed by atoms with E-state index in [-0.39, 0.29) is 5.69 Å². The van der Waals surface area contributed by atoms with Crippen LogP contribution in [-0.2, 0) is 0 Å². The van der Waals surface area contributed by atoms with Crippen molar-refractivity contribution < 1.29 is 0 Å². The zero-order valence-electron chi connectivity index (χ0n) is 8.92. The van der Waals surface area contributed by atoms with Crippen LogP contribution in [0.3, 0.4) is 0 Å². The number of imidazole rings is 1. The molecule has 0 amide bonds. The highest BCUT2D eigenvalue weighted by molar-refractivity contribution is 5.75. The Morgan fingerprint density at radius 2 is 2.00 bits per heavy atom. The molecule has 5 nitrogen and oxygen atoms in total. The third kappa shape index (κ3) is 1.40. The maximum Gasteiger partial charge on any atom is 0.332 e. The fraction of sp³-hybridized carbons (Fsp3) is 0. The highest BCUT2D eigenvalue weighted by Crippen LogP contribution is 2.18. The smallest absolute Gasteiger partial charge is 0.332 e. The van der Waals surface area contributed by atoms with Crippen LogP contribution in [0.25, 0.3) is 16.9 Å². The number of hydrogen-bond donors (Lipinski definition) is 2. The molecule has 3 N–H and O–H groups in total. The number of pyridine rings is 1. The second-order valence-corrected chi connectivity index (χ2v) is 3.70. The molecule has 0 aliphatic carbocycles. The first kappa shape index (κ1) is 9.65. The van der Waals surface area contributed by atoms with Gasteiger partial charge in [-0.2, -0.15) is 0 Å². The molecule has 0 spiro atoms. The Bertz CT molecular complexity index is 741. The third-order valence-corrected chi connectivity index (χ3v) is 2.63. The van der Waals surface area contributed by atoms with E-state index in [0.717, 1.165) is 5.52 Å². The number of fused-ring (bicyclic) bond motifs is 1. The molecule has 1 aromatic carbocycles. The number of anilines is 1. The molecular weight excluding hydrogens is 216 g/mol. The molecule has 5 heteroatoms. The van der Waals surface area contributed by atoms with E-state index in [1.165, 1.54) is 4.57 Å². The SMILES string of the molecule is Nc1ccccc1-n1c(=O)[nH]c2ncccc21. The molecule has 0 fully saturated rings. The Labute approximate surface area is 96.5 Å². The van der Waals surface area contributed by atoms with Crippen LogP contribution < -0.4 is 11.4 Å². The monoisotopic (exact) mass is 226 g/mol. The summed E-state index contributed by atoms with van der Waals surface area (Å²) in [6, 6.07) is 10.8. The predicted octanol–water partition coefficient (Wildman–Crippen LogP) is 1.30. The summed E-state index contributed by atoms with van der Waals surface area (Å²) in [5.41, 5.74) is 8.13. The number of para-hydroxylation sites is 2. The molecule has 84 valence electrons. The number of nitrogen functional groups attached to an aromatic ring is 1. The van der Waals surface area contributed by atoms with E-state index in [1.807, 2.05) is 18.2 Å². The first-order valence-electron chi connectivity index (χ1n) is 5.18. The minimum Gasteiger partial charge on any atom is -0.397 e. The van der Waals surface area contributed by atoms with Crippen LogP contribution in [0.5, 0.6) is 0 Å². The van der Waals surface area contributed by atoms with Crippen molar-refractivity contribution in [3.63, 3.8) is 0 Å². The lowest BCUT2D eigenvalue weighted by atomic mass is 10.2. The number of aromatic nitrogens is 3. The van der Waals surface area contributed by atoms with Gasteiger partial charge in [-0.3, -0.25) is 9.55 Å². The number of rotatable bonds is 1. The van der Waals surface area contributed by atoms with E-state index in [2.05, 4.69) is 9.97 Å². The van der Waals surface area contributed by atoms with Gasteiger partial charge in [-0.15, -0.1) is 0 Å². The van der Waals surface area contributed by atoms with Gasteiger partial charge < -0.3 is 5.73 Å². The maximum atomic E-state index is 11.9. The molecule has 0 unspecified atom stereocenters. The Morgan fingerprint density at radius 3 is 2.82 bits per heavy atom. The van der Waals surface area contributed by atoms with Crippen molar-refractivity contribution >= 4 is 16.9 Å². The van der Waals surface area contributed by atoms with Gasteiger partial charge in [0.05, 0.1) is 16.9 Å². The lowest BCUT2D eigenvalue weighted by molar-refractivity contribution is 1.02. The summed E-state index contributed by atoms with van der Waals surface area (Å²) >= 11 is 0. The predicted molar refractivity (Wildman–Crippen MR) is 66.1 cm³/mol. The topological polar surface area (TPSA) is 76.7 Å². The van der Waals surface area contributed by atoms with Crippen LogP contribution in [0, 0.1) is 0 Å². The molecule has 0 bridgehead atoms. The molecule has 3 rings (SSSR count). The quantitative estimate of drug-likeness (QED) is 0.614. The largest absolute Gasteiger partial charge is 0.397 e. The molecule has 0 aliphatic rings. The lowest BCUT2D eigenvalue weighted by Gasteiger charge is -2.05. The van der Waals surface area contributed by atoms with Gasteiger partial charge in [0.15, 0.2) is 5.65 Å². The van der Waals surface area contributed by atoms with Crippen molar-refractivity contribution in [3.8, 4) is 5.69 Å². The summed E-state index contributed by atoms with van der Waals surface area (Å²) in [5, 5.41) is 0. The fourth-order valence-electron chi connectivity index (χ4n) is 1.87. The van der Waals surface area contributed by atoms with Crippen LogP contribution >= 0.6 is 0 Å². The Balaban J connectivity index is 2.42. The number of nitrogens with one attached hydrogen (secondary N) is 1. The number of aromatic amines is 1. The van der Waals surface area contributed by atoms with Gasteiger partial charge in [0.2, 0.25) is 0 Å². The molecule has 0 radical (unpaired) electrons. The summed E-state index contributed by atoms with van der Waals surface area (Å²) in [6.07, 6.45) is 1.64. The van der Waals surface area contributed by atoms with Gasteiger partial charge in [-0.05, 0) is 24.3 Å². The molecule has 2 aromatic heterocycles. The molecular formula is C12H10N4O. The van der Waals surface area contributed by atoms with Crippen molar-refractivity contribution in [2.75, 3.05) is 5.73 Å². The Morgan fingerprint density at radius 1 is 1.18 bits per heavy atom. The highest BCUT2D eigenvalue weighted by atomic mass is 16.1. The molecule has 0 aliphatic heterocycles. The van der Waals surface area contributed by atoms with E-state index in [0.29, 0.717) is 17.0 Å². The molecule has 2 heterocycles. The minimum absolute atomic E-state index is 0.239. The lowest BCUT2D eigenvalue weighted by Crippen LogP contribution is -2.15. The molecule has 0 saturated carbocycles. The van der Waals surface area contributed by atoms with E-state index in [9.17, 15) is 4.79 Å². The molecule has 0 atom stereocenters. The number of benzene rings is 1. The normalized spacial score (nSPS) is 10.8. The van der Waals surface area contributed by atoms with Gasteiger partial charge in [0, 0.05) is 6.20 Å². The Hall–Kier alpha value is -2.56. The summed E-state index contributed by atoms with van der Waals surface area (Å²) in [5.74, 6) is 0. The first-order chi connectivity index (χ1) is 8.27. The minimum atomic E-state index is -0.239. The number of H-pyrrole nitrogens is 1. The van der Waals surface area contributed by atoms with Crippen LogP contribution in [-0.4, -0.2) is 14.5 Å². The van der Waals surface area contributed by atoms with Crippen LogP contribution in [0.1, 0.15) is 0 Å². The van der Waals surface area contributed by atoms with E-state index in [1.54, 1.807) is 24.4 Å². The number of hydrogen-bond acceptors (Lipinski definition) is 3. The summed E-state index contributed by atoms with van der Waals surface area (Å²) in [6.45, 7) is 0. The number of nitrogens with zero attached hydrogens (tertiary/aromatic N) is 2. The van der Waals surface area contributed by atoms with Crippen molar-refractivity contribution in [2.45, 2.75) is 0 Å². The van der Waals surface area contributed by atoms with E-state index < -0.39 is 0 Å². The fourth-order valence-corrected chi connectivity index (χ4v) is 1.87. The average molecular weight is 226 g/mol. The van der Waals surface area contributed by atoms with Crippen LogP contribution in [0.4, 0.5) is 5.69 Å². The molecule has 3 aromatic rings. The third-order valence-electron chi connectivity index (χ3n) is 2.63. The van der Waals surface area contributed by atoms with Gasteiger partial charge in [-0.25, -0.2) is 9.78 Å². The average Bonchev–Trinajstić information content (AvgIpc) is 2.66. The van der Waals surface area contributed by atoms with E-state index in [4.69, 9.17) is 5.73 Å². The van der Waals surface area contributed by atoms with Crippen LogP contribution in [0.15, 0.2) is 47.4 Å². The van der Waals surface area contributed by atoms with E-state index >= 15 is 0 Å². The van der Waals surface area contributed by atoms with Crippen LogP contribution in [0.2, 0.25) is 0 Å². The van der Waals surface area contributed by atoms with Gasteiger partial charge in [0.25, 0.3) is 0 Å². The van der Waals surface area contributed by atoms with Gasteiger partial charge >= 0.3 is 5.69 Å². The van der Waals surface area contributed by atoms with Crippen molar-refractivity contribution in [1.82, 2.24) is 14.5 Å².